The molecule has 2 aromatic carbocycles. The fourth-order valence-electron chi connectivity index (χ4n) is 3.18. The number of nitrogens with zero attached hydrogens (tertiary/aromatic N) is 3. The van der Waals surface area contributed by atoms with E-state index >= 15 is 0 Å². The van der Waals surface area contributed by atoms with Crippen molar-refractivity contribution in [1.29, 1.82) is 0 Å². The molecular formula is C22H22N4O. The molecule has 1 aliphatic heterocycles. The number of benzene rings is 2. The first-order valence-electron chi connectivity index (χ1n) is 9.11. The second-order valence-electron chi connectivity index (χ2n) is 7.02. The Labute approximate surface area is 159 Å². The van der Waals surface area contributed by atoms with E-state index in [1.807, 2.05) is 54.6 Å². The third-order valence-electron chi connectivity index (χ3n) is 5.07. The van der Waals surface area contributed by atoms with Crippen molar-refractivity contribution in [3.63, 3.8) is 0 Å². The molecule has 1 aromatic heterocycles. The van der Waals surface area contributed by atoms with Gasteiger partial charge in [0.25, 0.3) is 0 Å². The smallest absolute Gasteiger partial charge is 0.231 e. The minimum atomic E-state index is -0.0262. The zero-order chi connectivity index (χ0) is 18.8. The lowest BCUT2D eigenvalue weighted by atomic mass is 9.98. The van der Waals surface area contributed by atoms with E-state index in [-0.39, 0.29) is 11.8 Å². The molecule has 5 nitrogen and oxygen atoms in total. The standard InChI is InChI=1S/C22H22N4O/c1-15-8-9-19(10-16(15)2)25-22(27)18-12-26(13-18)21-11-20(23-14-24-21)17-6-4-3-5-7-17/h3-11,14,18H,12-13H2,1-2H3,(H,25,27). The Bertz CT molecular complexity index is 965. The minimum Gasteiger partial charge on any atom is -0.355 e. The van der Waals surface area contributed by atoms with Crippen LogP contribution in [0.1, 0.15) is 11.1 Å². The van der Waals surface area contributed by atoms with E-state index in [4.69, 9.17) is 0 Å². The van der Waals surface area contributed by atoms with Gasteiger partial charge in [0, 0.05) is 30.4 Å². The highest BCUT2D eigenvalue weighted by Crippen LogP contribution is 2.27. The lowest BCUT2D eigenvalue weighted by molar-refractivity contribution is -0.120. The Morgan fingerprint density at radius 2 is 1.78 bits per heavy atom. The van der Waals surface area contributed by atoms with Crippen LogP contribution >= 0.6 is 0 Å². The number of hydrogen-bond donors (Lipinski definition) is 1. The van der Waals surface area contributed by atoms with Gasteiger partial charge in [-0.05, 0) is 37.1 Å². The quantitative estimate of drug-likeness (QED) is 0.770. The SMILES string of the molecule is Cc1ccc(NC(=O)C2CN(c3cc(-c4ccccc4)ncn3)C2)cc1C. The second-order valence-corrected chi connectivity index (χ2v) is 7.02. The van der Waals surface area contributed by atoms with E-state index in [0.717, 1.165) is 22.8 Å². The molecule has 0 atom stereocenters. The molecule has 0 saturated carbocycles. The first kappa shape index (κ1) is 17.2. The topological polar surface area (TPSA) is 58.1 Å². The summed E-state index contributed by atoms with van der Waals surface area (Å²) in [5.41, 5.74) is 5.21. The normalized spacial score (nSPS) is 13.9. The van der Waals surface area contributed by atoms with Crippen LogP contribution in [0, 0.1) is 19.8 Å². The molecule has 4 rings (SSSR count). The van der Waals surface area contributed by atoms with Gasteiger partial charge in [0.2, 0.25) is 5.91 Å². The molecule has 27 heavy (non-hydrogen) atoms. The van der Waals surface area contributed by atoms with Gasteiger partial charge in [-0.1, -0.05) is 36.4 Å². The molecule has 1 aliphatic rings. The number of anilines is 2. The molecule has 1 amide bonds. The summed E-state index contributed by atoms with van der Waals surface area (Å²) >= 11 is 0. The number of carbonyl (C=O) groups is 1. The number of amides is 1. The molecule has 0 unspecified atom stereocenters. The Morgan fingerprint density at radius 3 is 2.52 bits per heavy atom. The molecule has 0 spiro atoms. The van der Waals surface area contributed by atoms with Crippen LogP contribution in [0.25, 0.3) is 11.3 Å². The summed E-state index contributed by atoms with van der Waals surface area (Å²) in [5.74, 6) is 0.896. The summed E-state index contributed by atoms with van der Waals surface area (Å²) < 4.78 is 0. The van der Waals surface area contributed by atoms with Crippen LogP contribution in [0.3, 0.4) is 0 Å². The van der Waals surface area contributed by atoms with Gasteiger partial charge in [0.05, 0.1) is 11.6 Å². The molecule has 1 fully saturated rings. The van der Waals surface area contributed by atoms with Gasteiger partial charge in [-0.3, -0.25) is 4.79 Å². The number of nitrogens with one attached hydrogen (secondary N) is 1. The maximum Gasteiger partial charge on any atom is 0.231 e. The van der Waals surface area contributed by atoms with E-state index in [9.17, 15) is 4.79 Å². The Morgan fingerprint density at radius 1 is 1.00 bits per heavy atom. The van der Waals surface area contributed by atoms with Crippen LogP contribution in [-0.2, 0) is 4.79 Å². The Hall–Kier alpha value is -3.21. The molecular weight excluding hydrogens is 336 g/mol. The summed E-state index contributed by atoms with van der Waals surface area (Å²) in [7, 11) is 0. The minimum absolute atomic E-state index is 0.0262. The first-order valence-corrected chi connectivity index (χ1v) is 9.11. The third kappa shape index (κ3) is 3.67. The van der Waals surface area contributed by atoms with Crippen molar-refractivity contribution < 1.29 is 4.79 Å². The summed E-state index contributed by atoms with van der Waals surface area (Å²) in [6.07, 6.45) is 1.58. The van der Waals surface area contributed by atoms with Crippen molar-refractivity contribution in [2.45, 2.75) is 13.8 Å². The largest absolute Gasteiger partial charge is 0.355 e. The highest BCUT2D eigenvalue weighted by Gasteiger charge is 2.33. The number of carbonyl (C=O) groups excluding carboxylic acids is 1. The fourth-order valence-corrected chi connectivity index (χ4v) is 3.18. The molecule has 0 aliphatic carbocycles. The van der Waals surface area contributed by atoms with Crippen molar-refractivity contribution in [2.75, 3.05) is 23.3 Å². The van der Waals surface area contributed by atoms with Gasteiger partial charge in [-0.15, -0.1) is 0 Å². The van der Waals surface area contributed by atoms with Gasteiger partial charge in [0.15, 0.2) is 0 Å². The fraction of sp³-hybridized carbons (Fsp3) is 0.227. The van der Waals surface area contributed by atoms with Crippen molar-refractivity contribution >= 4 is 17.4 Å². The number of hydrogen-bond acceptors (Lipinski definition) is 4. The lowest BCUT2D eigenvalue weighted by Gasteiger charge is -2.39. The highest BCUT2D eigenvalue weighted by molar-refractivity contribution is 5.94. The number of aryl methyl sites for hydroxylation is 2. The second kappa shape index (κ2) is 7.19. The van der Waals surface area contributed by atoms with E-state index in [1.165, 1.54) is 11.1 Å². The molecule has 0 radical (unpaired) electrons. The molecule has 2 heterocycles. The third-order valence-corrected chi connectivity index (χ3v) is 5.07. The lowest BCUT2D eigenvalue weighted by Crippen LogP contribution is -2.52. The van der Waals surface area contributed by atoms with Crippen molar-refractivity contribution in [3.05, 3.63) is 72.1 Å². The van der Waals surface area contributed by atoms with Crippen LogP contribution < -0.4 is 10.2 Å². The van der Waals surface area contributed by atoms with Crippen LogP contribution in [0.5, 0.6) is 0 Å². The van der Waals surface area contributed by atoms with Gasteiger partial charge in [-0.25, -0.2) is 9.97 Å². The average molecular weight is 358 g/mol. The maximum atomic E-state index is 12.5. The van der Waals surface area contributed by atoms with Crippen molar-refractivity contribution in [2.24, 2.45) is 5.92 Å². The number of rotatable bonds is 4. The summed E-state index contributed by atoms with van der Waals surface area (Å²) in [5, 5.41) is 3.02. The Kier molecular flexibility index (Phi) is 4.59. The van der Waals surface area contributed by atoms with Crippen LogP contribution in [-0.4, -0.2) is 29.0 Å². The summed E-state index contributed by atoms with van der Waals surface area (Å²) in [6, 6.07) is 18.0. The maximum absolute atomic E-state index is 12.5. The van der Waals surface area contributed by atoms with Crippen molar-refractivity contribution in [1.82, 2.24) is 9.97 Å². The summed E-state index contributed by atoms with van der Waals surface area (Å²) in [4.78, 5) is 23.3. The van der Waals surface area contributed by atoms with Gasteiger partial charge >= 0.3 is 0 Å². The summed E-state index contributed by atoms with van der Waals surface area (Å²) in [6.45, 7) is 5.45. The van der Waals surface area contributed by atoms with Gasteiger partial charge in [0.1, 0.15) is 12.1 Å². The molecule has 5 heteroatoms. The first-order chi connectivity index (χ1) is 13.1. The van der Waals surface area contributed by atoms with E-state index in [2.05, 4.69) is 34.0 Å². The van der Waals surface area contributed by atoms with Crippen molar-refractivity contribution in [3.8, 4) is 11.3 Å². The van der Waals surface area contributed by atoms with E-state index in [1.54, 1.807) is 6.33 Å². The molecule has 0 bridgehead atoms. The average Bonchev–Trinajstić information content (AvgIpc) is 2.64. The monoisotopic (exact) mass is 358 g/mol. The van der Waals surface area contributed by atoms with Crippen LogP contribution in [0.15, 0.2) is 60.9 Å². The zero-order valence-corrected chi connectivity index (χ0v) is 15.5. The van der Waals surface area contributed by atoms with Crippen LogP contribution in [0.2, 0.25) is 0 Å². The molecule has 1 saturated heterocycles. The highest BCUT2D eigenvalue weighted by atomic mass is 16.2. The van der Waals surface area contributed by atoms with Gasteiger partial charge < -0.3 is 10.2 Å². The van der Waals surface area contributed by atoms with E-state index < -0.39 is 0 Å². The predicted molar refractivity (Wildman–Crippen MR) is 108 cm³/mol. The zero-order valence-electron chi connectivity index (χ0n) is 15.5. The van der Waals surface area contributed by atoms with E-state index in [0.29, 0.717) is 13.1 Å². The molecule has 136 valence electrons. The molecule has 3 aromatic rings. The van der Waals surface area contributed by atoms with Crippen LogP contribution in [0.4, 0.5) is 11.5 Å². The molecule has 1 N–H and O–H groups in total. The predicted octanol–water partition coefficient (Wildman–Crippen LogP) is 3.84. The number of aromatic nitrogens is 2. The Balaban J connectivity index is 1.39. The van der Waals surface area contributed by atoms with Gasteiger partial charge in [-0.2, -0.15) is 0 Å².